The van der Waals surface area contributed by atoms with Crippen LogP contribution in [0.15, 0.2) is 30.3 Å². The summed E-state index contributed by atoms with van der Waals surface area (Å²) >= 11 is 0. The number of rotatable bonds is 3. The van der Waals surface area contributed by atoms with E-state index in [2.05, 4.69) is 0 Å². The first-order chi connectivity index (χ1) is 8.05. The van der Waals surface area contributed by atoms with Gasteiger partial charge in [-0.15, -0.1) is 0 Å². The molecule has 18 heavy (non-hydrogen) atoms. The second-order valence-electron chi connectivity index (χ2n) is 4.75. The maximum absolute atomic E-state index is 12.7. The molecule has 1 nitrogen and oxygen atoms in total. The molecule has 1 aliphatic rings. The van der Waals surface area contributed by atoms with Gasteiger partial charge in [0.05, 0.1) is 0 Å². The van der Waals surface area contributed by atoms with E-state index < -0.39 is 12.8 Å². The average Bonchev–Trinajstić information content (AvgIpc) is 2.29. The molecular weight excluding hydrogens is 265 g/mol. The van der Waals surface area contributed by atoms with E-state index in [0.717, 1.165) is 12.1 Å². The van der Waals surface area contributed by atoms with Crippen molar-refractivity contribution in [1.82, 2.24) is 4.90 Å². The van der Waals surface area contributed by atoms with Crippen LogP contribution in [0.25, 0.3) is 0 Å². The normalized spacial score (nSPS) is 21.4. The van der Waals surface area contributed by atoms with Gasteiger partial charge in [0, 0.05) is 6.54 Å². The van der Waals surface area contributed by atoms with Crippen LogP contribution in [0.1, 0.15) is 18.4 Å². The molecule has 1 fully saturated rings. The molecule has 0 saturated carbocycles. The Labute approximate surface area is 149 Å². The van der Waals surface area contributed by atoms with E-state index in [1.165, 1.54) is 0 Å². The Kier molecular flexibility index (Phi) is 6.92. The zero-order valence-corrected chi connectivity index (χ0v) is 13.8. The minimum absolute atomic E-state index is 0. The summed E-state index contributed by atoms with van der Waals surface area (Å²) in [7, 11) is 0. The molecule has 94 valence electrons. The van der Waals surface area contributed by atoms with Gasteiger partial charge in [-0.2, -0.15) is 0 Å². The molecule has 0 aliphatic carbocycles. The molecule has 0 spiro atoms. The minimum Gasteiger partial charge on any atom is -0.449 e. The van der Waals surface area contributed by atoms with E-state index in [1.54, 1.807) is 0 Å². The average molecular weight is 281 g/mol. The Balaban J connectivity index is 0.00000162. The van der Waals surface area contributed by atoms with Gasteiger partial charge in [0.15, 0.2) is 0 Å². The molecule has 1 aromatic carbocycles. The summed E-state index contributed by atoms with van der Waals surface area (Å²) < 4.78 is 38.1. The van der Waals surface area contributed by atoms with Gasteiger partial charge in [-0.25, -0.2) is 0 Å². The number of likely N-dealkylation sites (tertiary alicyclic amines) is 1. The van der Waals surface area contributed by atoms with Crippen LogP contribution in [0.3, 0.4) is 0 Å². The fourth-order valence-electron chi connectivity index (χ4n) is 2.39. The van der Waals surface area contributed by atoms with Gasteiger partial charge in [0.2, 0.25) is 0 Å². The van der Waals surface area contributed by atoms with Crippen molar-refractivity contribution in [2.45, 2.75) is 25.2 Å². The Morgan fingerprint density at radius 2 is 1.83 bits per heavy atom. The zero-order valence-electron chi connectivity index (χ0n) is 10.7. The van der Waals surface area contributed by atoms with Crippen LogP contribution in [0, 0.1) is 0 Å². The van der Waals surface area contributed by atoms with E-state index in [9.17, 15) is 12.9 Å². The Hall–Kier alpha value is 0.671. The van der Waals surface area contributed by atoms with E-state index in [4.69, 9.17) is 0 Å². The summed E-state index contributed by atoms with van der Waals surface area (Å²) in [6, 6.07) is 9.68. The van der Waals surface area contributed by atoms with Crippen molar-refractivity contribution in [2.24, 2.45) is 0 Å². The first-order valence-electron chi connectivity index (χ1n) is 6.02. The van der Waals surface area contributed by atoms with Crippen molar-refractivity contribution in [3.63, 3.8) is 0 Å². The number of halogens is 3. The molecular formula is C12H16BF3KN. The van der Waals surface area contributed by atoms with Crippen molar-refractivity contribution in [2.75, 3.05) is 13.1 Å². The summed E-state index contributed by atoms with van der Waals surface area (Å²) in [6.07, 6.45) is 0.952. The zero-order chi connectivity index (χ0) is 12.3. The molecule has 0 N–H and O–H groups in total. The maximum atomic E-state index is 12.7. The molecule has 1 aliphatic heterocycles. The summed E-state index contributed by atoms with van der Waals surface area (Å²) in [4.78, 5) is 1.92. The van der Waals surface area contributed by atoms with Crippen molar-refractivity contribution in [1.29, 1.82) is 0 Å². The van der Waals surface area contributed by atoms with Crippen molar-refractivity contribution in [3.05, 3.63) is 35.9 Å². The number of hydrogen-bond donors (Lipinski definition) is 0. The predicted octanol–water partition coefficient (Wildman–Crippen LogP) is 0.504. The second-order valence-corrected chi connectivity index (χ2v) is 4.75. The van der Waals surface area contributed by atoms with E-state index in [-0.39, 0.29) is 57.9 Å². The minimum atomic E-state index is -4.68. The van der Waals surface area contributed by atoms with Gasteiger partial charge in [-0.3, -0.25) is 0 Å². The third-order valence-electron chi connectivity index (χ3n) is 3.33. The van der Waals surface area contributed by atoms with Gasteiger partial charge in [-0.05, 0) is 25.1 Å². The fourth-order valence-corrected chi connectivity index (χ4v) is 2.39. The third-order valence-corrected chi connectivity index (χ3v) is 3.33. The molecule has 6 heteroatoms. The van der Waals surface area contributed by atoms with E-state index >= 15 is 0 Å². The smallest absolute Gasteiger partial charge is 0.449 e. The van der Waals surface area contributed by atoms with Crippen LogP contribution in [0.5, 0.6) is 0 Å². The molecule has 2 rings (SSSR count). The van der Waals surface area contributed by atoms with E-state index in [0.29, 0.717) is 19.4 Å². The summed E-state index contributed by atoms with van der Waals surface area (Å²) in [5.41, 5.74) is 1.09. The van der Waals surface area contributed by atoms with Gasteiger partial charge in [0.25, 0.3) is 0 Å². The number of benzene rings is 1. The van der Waals surface area contributed by atoms with Crippen LogP contribution in [-0.2, 0) is 6.54 Å². The van der Waals surface area contributed by atoms with Crippen LogP contribution >= 0.6 is 0 Å². The Bertz CT molecular complexity index is 358. The van der Waals surface area contributed by atoms with Gasteiger partial charge in [-0.1, -0.05) is 42.6 Å². The quantitative estimate of drug-likeness (QED) is 0.730. The van der Waals surface area contributed by atoms with Gasteiger partial charge in [0.1, 0.15) is 0 Å². The molecule has 1 heterocycles. The first kappa shape index (κ1) is 16.7. The molecule has 1 aromatic rings. The topological polar surface area (TPSA) is 3.24 Å². The van der Waals surface area contributed by atoms with Crippen LogP contribution in [0.4, 0.5) is 12.9 Å². The predicted molar refractivity (Wildman–Crippen MR) is 63.8 cm³/mol. The SMILES string of the molecule is F[B-](F)(F)C1CCCN(Cc2ccccc2)C1.[K+]. The molecule has 0 radical (unpaired) electrons. The van der Waals surface area contributed by atoms with Gasteiger partial charge < -0.3 is 17.8 Å². The Morgan fingerprint density at radius 1 is 1.17 bits per heavy atom. The van der Waals surface area contributed by atoms with Crippen molar-refractivity contribution < 1.29 is 64.3 Å². The monoisotopic (exact) mass is 281 g/mol. The first-order valence-corrected chi connectivity index (χ1v) is 6.02. The molecule has 1 saturated heterocycles. The van der Waals surface area contributed by atoms with Crippen LogP contribution in [-0.4, -0.2) is 25.0 Å². The largest absolute Gasteiger partial charge is 1.00 e. The summed E-state index contributed by atoms with van der Waals surface area (Å²) in [5, 5.41) is 0. The standard InChI is InChI=1S/C12H16BF3N.K/c14-13(15,16)12-7-4-8-17(10-12)9-11-5-2-1-3-6-11;/h1-3,5-6,12H,4,7-10H2;/q-1;+1. The molecule has 1 unspecified atom stereocenters. The number of piperidine rings is 1. The number of hydrogen-bond acceptors (Lipinski definition) is 1. The maximum Gasteiger partial charge on any atom is 1.00 e. The number of nitrogens with zero attached hydrogens (tertiary/aromatic N) is 1. The molecule has 1 atom stereocenters. The van der Waals surface area contributed by atoms with Crippen molar-refractivity contribution >= 4 is 6.98 Å². The van der Waals surface area contributed by atoms with E-state index in [1.807, 2.05) is 35.2 Å². The summed E-state index contributed by atoms with van der Waals surface area (Å²) in [6.45, 7) is -3.11. The molecule has 0 bridgehead atoms. The van der Waals surface area contributed by atoms with Crippen LogP contribution < -0.4 is 51.4 Å². The van der Waals surface area contributed by atoms with Crippen LogP contribution in [0.2, 0.25) is 5.82 Å². The second kappa shape index (κ2) is 7.45. The van der Waals surface area contributed by atoms with Gasteiger partial charge >= 0.3 is 58.4 Å². The summed E-state index contributed by atoms with van der Waals surface area (Å²) in [5.74, 6) is -1.09. The molecule has 0 amide bonds. The third kappa shape index (κ3) is 4.98. The Morgan fingerprint density at radius 3 is 2.44 bits per heavy atom. The molecule has 0 aromatic heterocycles. The fraction of sp³-hybridized carbons (Fsp3) is 0.500. The van der Waals surface area contributed by atoms with Crippen molar-refractivity contribution in [3.8, 4) is 0 Å².